The summed E-state index contributed by atoms with van der Waals surface area (Å²) in [7, 11) is 0. The number of carbonyl (C=O) groups is 2. The molecular formula is C19H16F2N2O2. The topological polar surface area (TPSA) is 63.4 Å². The summed E-state index contributed by atoms with van der Waals surface area (Å²) >= 11 is 0. The quantitative estimate of drug-likeness (QED) is 0.932. The number of rotatable bonds is 3. The van der Waals surface area contributed by atoms with Gasteiger partial charge in [0.15, 0.2) is 0 Å². The Bertz CT molecular complexity index is 883. The number of fused-ring (bicyclic) bond motifs is 1. The second-order valence-electron chi connectivity index (χ2n) is 6.57. The first-order valence-corrected chi connectivity index (χ1v) is 8.12. The van der Waals surface area contributed by atoms with Gasteiger partial charge in [0.1, 0.15) is 17.7 Å². The van der Waals surface area contributed by atoms with Crippen LogP contribution in [0.4, 0.5) is 14.5 Å². The van der Waals surface area contributed by atoms with E-state index in [1.165, 1.54) is 4.90 Å². The van der Waals surface area contributed by atoms with Crippen LogP contribution in [0.1, 0.15) is 23.5 Å². The number of benzene rings is 2. The highest BCUT2D eigenvalue weighted by Crippen LogP contribution is 2.51. The Kier molecular flexibility index (Phi) is 3.56. The first kappa shape index (κ1) is 15.7. The van der Waals surface area contributed by atoms with E-state index in [0.29, 0.717) is 18.5 Å². The predicted octanol–water partition coefficient (Wildman–Crippen LogP) is 2.51. The second kappa shape index (κ2) is 5.65. The average molecular weight is 342 g/mol. The lowest BCUT2D eigenvalue weighted by molar-refractivity contribution is -0.125. The van der Waals surface area contributed by atoms with Crippen LogP contribution in [0.5, 0.6) is 0 Å². The molecule has 0 radical (unpaired) electrons. The van der Waals surface area contributed by atoms with Gasteiger partial charge < -0.3 is 5.73 Å². The third-order valence-corrected chi connectivity index (χ3v) is 5.01. The normalized spacial score (nSPS) is 24.1. The molecule has 1 aliphatic heterocycles. The molecule has 128 valence electrons. The number of nitrogens with zero attached hydrogens (tertiary/aromatic N) is 1. The average Bonchev–Trinajstić information content (AvgIpc) is 3.28. The van der Waals surface area contributed by atoms with Gasteiger partial charge in [0, 0.05) is 18.0 Å². The van der Waals surface area contributed by atoms with E-state index < -0.39 is 29.5 Å². The molecule has 0 aromatic heterocycles. The molecule has 2 amide bonds. The summed E-state index contributed by atoms with van der Waals surface area (Å²) < 4.78 is 27.4. The summed E-state index contributed by atoms with van der Waals surface area (Å²) in [6.07, 6.45) is 0.812. The summed E-state index contributed by atoms with van der Waals surface area (Å²) in [4.78, 5) is 26.2. The van der Waals surface area contributed by atoms with Crippen molar-refractivity contribution in [2.24, 2.45) is 11.7 Å². The number of primary amides is 1. The molecule has 2 aromatic rings. The summed E-state index contributed by atoms with van der Waals surface area (Å²) in [6.45, 7) is 0. The number of hydrogen-bond acceptors (Lipinski definition) is 2. The summed E-state index contributed by atoms with van der Waals surface area (Å²) in [5.41, 5.74) is 7.23. The highest BCUT2D eigenvalue weighted by molar-refractivity contribution is 6.05. The van der Waals surface area contributed by atoms with Gasteiger partial charge in [0.05, 0.1) is 0 Å². The van der Waals surface area contributed by atoms with Crippen molar-refractivity contribution < 1.29 is 18.4 Å². The minimum absolute atomic E-state index is 0.210. The van der Waals surface area contributed by atoms with E-state index >= 15 is 0 Å². The van der Waals surface area contributed by atoms with Crippen LogP contribution in [0, 0.1) is 17.6 Å². The summed E-state index contributed by atoms with van der Waals surface area (Å²) in [6, 6.07) is 9.79. The molecule has 3 unspecified atom stereocenters. The molecule has 1 fully saturated rings. The van der Waals surface area contributed by atoms with Gasteiger partial charge in [-0.1, -0.05) is 18.2 Å². The Hall–Kier alpha value is -2.76. The van der Waals surface area contributed by atoms with E-state index in [4.69, 9.17) is 5.73 Å². The Balaban J connectivity index is 1.63. The zero-order valence-electron chi connectivity index (χ0n) is 13.3. The standard InChI is InChI=1S/C19H16F2N2O2/c20-11-5-6-15(21)13(8-11)12-9-14(12)19(25)23-16-4-2-1-3-10(16)7-17(23)18(22)24/h1-6,8,12,14,17H,7,9H2,(H2,22,24). The van der Waals surface area contributed by atoms with E-state index in [9.17, 15) is 18.4 Å². The maximum absolute atomic E-state index is 14.0. The van der Waals surface area contributed by atoms with E-state index in [1.807, 2.05) is 12.1 Å². The van der Waals surface area contributed by atoms with Crippen molar-refractivity contribution in [3.8, 4) is 0 Å². The zero-order chi connectivity index (χ0) is 17.7. The van der Waals surface area contributed by atoms with Gasteiger partial charge in [-0.3, -0.25) is 14.5 Å². The molecule has 0 spiro atoms. The molecule has 1 heterocycles. The van der Waals surface area contributed by atoms with Gasteiger partial charge in [-0.15, -0.1) is 0 Å². The van der Waals surface area contributed by atoms with Gasteiger partial charge >= 0.3 is 0 Å². The molecule has 2 aliphatic rings. The number of para-hydroxylation sites is 1. The Morgan fingerprint density at radius 2 is 1.88 bits per heavy atom. The molecule has 2 aromatic carbocycles. The first-order valence-electron chi connectivity index (χ1n) is 8.12. The lowest BCUT2D eigenvalue weighted by Crippen LogP contribution is -2.46. The number of hydrogen-bond donors (Lipinski definition) is 1. The third-order valence-electron chi connectivity index (χ3n) is 5.01. The summed E-state index contributed by atoms with van der Waals surface area (Å²) in [5, 5.41) is 0. The predicted molar refractivity (Wildman–Crippen MR) is 87.8 cm³/mol. The van der Waals surface area contributed by atoms with Crippen molar-refractivity contribution in [3.63, 3.8) is 0 Å². The van der Waals surface area contributed by atoms with Crippen molar-refractivity contribution in [3.05, 3.63) is 65.2 Å². The van der Waals surface area contributed by atoms with Crippen molar-refractivity contribution in [1.82, 2.24) is 0 Å². The van der Waals surface area contributed by atoms with E-state index in [1.54, 1.807) is 12.1 Å². The van der Waals surface area contributed by atoms with Gasteiger partial charge in [-0.05, 0) is 47.7 Å². The Morgan fingerprint density at radius 1 is 1.12 bits per heavy atom. The highest BCUT2D eigenvalue weighted by Gasteiger charge is 2.50. The second-order valence-corrected chi connectivity index (χ2v) is 6.57. The van der Waals surface area contributed by atoms with Crippen LogP contribution in [0.15, 0.2) is 42.5 Å². The zero-order valence-corrected chi connectivity index (χ0v) is 13.3. The molecule has 3 atom stereocenters. The van der Waals surface area contributed by atoms with Gasteiger partial charge in [0.25, 0.3) is 0 Å². The SMILES string of the molecule is NC(=O)C1Cc2ccccc2N1C(=O)C1CC1c1cc(F)ccc1F. The van der Waals surface area contributed by atoms with Crippen molar-refractivity contribution in [2.45, 2.75) is 24.8 Å². The fourth-order valence-electron chi connectivity index (χ4n) is 3.68. The highest BCUT2D eigenvalue weighted by atomic mass is 19.1. The number of anilines is 1. The third kappa shape index (κ3) is 2.58. The van der Waals surface area contributed by atoms with Crippen molar-refractivity contribution in [2.75, 3.05) is 4.90 Å². The van der Waals surface area contributed by atoms with Crippen molar-refractivity contribution >= 4 is 17.5 Å². The minimum atomic E-state index is -0.733. The van der Waals surface area contributed by atoms with Gasteiger partial charge in [-0.2, -0.15) is 0 Å². The molecule has 6 heteroatoms. The number of nitrogens with two attached hydrogens (primary N) is 1. The van der Waals surface area contributed by atoms with Crippen LogP contribution < -0.4 is 10.6 Å². The fourth-order valence-corrected chi connectivity index (χ4v) is 3.68. The molecular weight excluding hydrogens is 326 g/mol. The lowest BCUT2D eigenvalue weighted by atomic mass is 10.1. The van der Waals surface area contributed by atoms with Crippen molar-refractivity contribution in [1.29, 1.82) is 0 Å². The minimum Gasteiger partial charge on any atom is -0.368 e. The smallest absolute Gasteiger partial charge is 0.240 e. The van der Waals surface area contributed by atoms with E-state index in [2.05, 4.69) is 0 Å². The van der Waals surface area contributed by atoms with Crippen LogP contribution in [0.2, 0.25) is 0 Å². The van der Waals surface area contributed by atoms with Crippen LogP contribution >= 0.6 is 0 Å². The Labute approximate surface area is 143 Å². The Morgan fingerprint density at radius 3 is 2.64 bits per heavy atom. The molecule has 25 heavy (non-hydrogen) atoms. The maximum Gasteiger partial charge on any atom is 0.240 e. The number of halogens is 2. The van der Waals surface area contributed by atoms with Crippen LogP contribution in [0.3, 0.4) is 0 Å². The molecule has 1 saturated carbocycles. The largest absolute Gasteiger partial charge is 0.368 e. The monoisotopic (exact) mass is 342 g/mol. The first-order chi connectivity index (χ1) is 12.0. The maximum atomic E-state index is 14.0. The fraction of sp³-hybridized carbons (Fsp3) is 0.263. The van der Waals surface area contributed by atoms with Gasteiger partial charge in [-0.25, -0.2) is 8.78 Å². The molecule has 1 aliphatic carbocycles. The number of carbonyl (C=O) groups excluding carboxylic acids is 2. The number of amides is 2. The van der Waals surface area contributed by atoms with Crippen LogP contribution in [-0.4, -0.2) is 17.9 Å². The van der Waals surface area contributed by atoms with Gasteiger partial charge in [0.2, 0.25) is 11.8 Å². The van der Waals surface area contributed by atoms with Crippen LogP contribution in [0.25, 0.3) is 0 Å². The molecule has 2 N–H and O–H groups in total. The summed E-state index contributed by atoms with van der Waals surface area (Å²) in [5.74, 6) is -2.72. The molecule has 4 nitrogen and oxygen atoms in total. The lowest BCUT2D eigenvalue weighted by Gasteiger charge is -2.23. The molecule has 0 bridgehead atoms. The van der Waals surface area contributed by atoms with Crippen LogP contribution in [-0.2, 0) is 16.0 Å². The van der Waals surface area contributed by atoms with E-state index in [0.717, 1.165) is 23.8 Å². The molecule has 0 saturated heterocycles. The van der Waals surface area contributed by atoms with E-state index in [-0.39, 0.29) is 17.4 Å². The molecule has 4 rings (SSSR count).